The lowest BCUT2D eigenvalue weighted by Crippen LogP contribution is -2.07. The van der Waals surface area contributed by atoms with Gasteiger partial charge in [0.15, 0.2) is 5.16 Å². The van der Waals surface area contributed by atoms with Crippen LogP contribution in [0.1, 0.15) is 10.7 Å². The predicted molar refractivity (Wildman–Crippen MR) is 96.1 cm³/mol. The third kappa shape index (κ3) is 4.30. The van der Waals surface area contributed by atoms with E-state index >= 15 is 0 Å². The van der Waals surface area contributed by atoms with Crippen molar-refractivity contribution in [2.75, 3.05) is 5.32 Å². The molecule has 0 aliphatic heterocycles. The van der Waals surface area contributed by atoms with Gasteiger partial charge in [0.2, 0.25) is 5.91 Å². The number of anilines is 1. The lowest BCUT2D eigenvalue weighted by atomic mass is 10.3. The first-order chi connectivity index (χ1) is 11.6. The zero-order chi connectivity index (χ0) is 16.9. The third-order valence-corrected chi connectivity index (χ3v) is 4.89. The predicted octanol–water partition coefficient (Wildman–Crippen LogP) is 3.38. The van der Waals surface area contributed by atoms with E-state index < -0.39 is 0 Å². The highest BCUT2D eigenvalue weighted by Gasteiger charge is 2.04. The minimum atomic E-state index is -0.186. The van der Waals surface area contributed by atoms with Gasteiger partial charge in [0.25, 0.3) is 0 Å². The van der Waals surface area contributed by atoms with E-state index in [2.05, 4.69) is 20.5 Å². The first kappa shape index (κ1) is 16.4. The highest BCUT2D eigenvalue weighted by atomic mass is 32.2. The molecule has 0 atom stereocenters. The minimum absolute atomic E-state index is 0.186. The number of rotatable bonds is 5. The van der Waals surface area contributed by atoms with Crippen molar-refractivity contribution in [3.8, 4) is 0 Å². The van der Waals surface area contributed by atoms with Crippen LogP contribution in [-0.2, 0) is 11.8 Å². The Balaban J connectivity index is 1.58. The molecule has 0 radical (unpaired) electrons. The summed E-state index contributed by atoms with van der Waals surface area (Å²) in [6.45, 7) is 1.93. The number of amides is 1. The lowest BCUT2D eigenvalue weighted by molar-refractivity contribution is -0.111. The number of carbonyl (C=O) groups excluding carboxylic acids is 1. The third-order valence-electron chi connectivity index (χ3n) is 3.04. The van der Waals surface area contributed by atoms with Gasteiger partial charge in [0.05, 0.1) is 10.7 Å². The Morgan fingerprint density at radius 1 is 1.33 bits per heavy atom. The molecule has 0 saturated heterocycles. The van der Waals surface area contributed by atoms with Crippen LogP contribution in [-0.4, -0.2) is 25.7 Å². The number of carbonyl (C=O) groups is 1. The Bertz CT molecular complexity index is 867. The molecule has 122 valence electrons. The summed E-state index contributed by atoms with van der Waals surface area (Å²) in [5.74, 6) is -0.186. The molecular weight excluding hydrogens is 342 g/mol. The van der Waals surface area contributed by atoms with Gasteiger partial charge in [-0.3, -0.25) is 4.79 Å². The summed E-state index contributed by atoms with van der Waals surface area (Å²) in [4.78, 5) is 17.2. The van der Waals surface area contributed by atoms with Crippen molar-refractivity contribution in [2.45, 2.75) is 17.0 Å². The molecule has 3 aromatic rings. The summed E-state index contributed by atoms with van der Waals surface area (Å²) < 4.78 is 1.85. The maximum Gasteiger partial charge on any atom is 0.248 e. The molecule has 0 bridgehead atoms. The Morgan fingerprint density at radius 3 is 2.75 bits per heavy atom. The van der Waals surface area contributed by atoms with Crippen molar-refractivity contribution in [1.29, 1.82) is 0 Å². The van der Waals surface area contributed by atoms with Crippen LogP contribution < -0.4 is 5.32 Å². The van der Waals surface area contributed by atoms with Crippen molar-refractivity contribution >= 4 is 40.8 Å². The molecular formula is C16H15N5OS2. The average molecular weight is 357 g/mol. The summed E-state index contributed by atoms with van der Waals surface area (Å²) in [7, 11) is 1.90. The van der Waals surface area contributed by atoms with Crippen LogP contribution in [0.5, 0.6) is 0 Å². The molecule has 8 heteroatoms. The molecule has 0 fully saturated rings. The zero-order valence-corrected chi connectivity index (χ0v) is 14.8. The number of nitrogens with zero attached hydrogens (tertiary/aromatic N) is 4. The van der Waals surface area contributed by atoms with Crippen molar-refractivity contribution < 1.29 is 4.79 Å². The molecule has 0 saturated carbocycles. The zero-order valence-electron chi connectivity index (χ0n) is 13.1. The second-order valence-electron chi connectivity index (χ2n) is 4.96. The molecule has 1 aromatic carbocycles. The number of thiazole rings is 1. The molecule has 0 aliphatic carbocycles. The highest BCUT2D eigenvalue weighted by molar-refractivity contribution is 7.99. The van der Waals surface area contributed by atoms with Crippen LogP contribution in [0.3, 0.4) is 0 Å². The van der Waals surface area contributed by atoms with Crippen LogP contribution in [0.15, 0.2) is 52.1 Å². The van der Waals surface area contributed by atoms with E-state index in [1.165, 1.54) is 17.8 Å². The Hall–Kier alpha value is -2.45. The molecule has 3 rings (SSSR count). The summed E-state index contributed by atoms with van der Waals surface area (Å²) in [6, 6.07) is 7.58. The monoisotopic (exact) mass is 357 g/mol. The van der Waals surface area contributed by atoms with Crippen molar-refractivity contribution in [3.63, 3.8) is 0 Å². The van der Waals surface area contributed by atoms with Crippen LogP contribution in [0.2, 0.25) is 0 Å². The summed E-state index contributed by atoms with van der Waals surface area (Å²) >= 11 is 3.07. The quantitative estimate of drug-likeness (QED) is 0.709. The number of aromatic nitrogens is 4. The number of benzene rings is 1. The molecule has 24 heavy (non-hydrogen) atoms. The smallest absolute Gasteiger partial charge is 0.248 e. The fraction of sp³-hybridized carbons (Fsp3) is 0.125. The van der Waals surface area contributed by atoms with Gasteiger partial charge in [-0.25, -0.2) is 4.98 Å². The van der Waals surface area contributed by atoms with Gasteiger partial charge in [0.1, 0.15) is 6.33 Å². The molecule has 0 spiro atoms. The number of nitrogens with one attached hydrogen (secondary N) is 1. The lowest BCUT2D eigenvalue weighted by Gasteiger charge is -2.04. The molecule has 2 aromatic heterocycles. The first-order valence-electron chi connectivity index (χ1n) is 7.13. The van der Waals surface area contributed by atoms with Crippen molar-refractivity contribution in [2.24, 2.45) is 7.05 Å². The minimum Gasteiger partial charge on any atom is -0.323 e. The molecule has 1 amide bonds. The van der Waals surface area contributed by atoms with Crippen LogP contribution >= 0.6 is 23.1 Å². The van der Waals surface area contributed by atoms with Crippen molar-refractivity contribution in [1.82, 2.24) is 19.7 Å². The van der Waals surface area contributed by atoms with Crippen LogP contribution in [0, 0.1) is 6.92 Å². The van der Waals surface area contributed by atoms with E-state index in [0.717, 1.165) is 26.4 Å². The fourth-order valence-corrected chi connectivity index (χ4v) is 3.22. The van der Waals surface area contributed by atoms with E-state index in [1.54, 1.807) is 23.7 Å². The molecule has 1 N–H and O–H groups in total. The van der Waals surface area contributed by atoms with E-state index in [9.17, 15) is 4.79 Å². The summed E-state index contributed by atoms with van der Waals surface area (Å²) in [5, 5.41) is 14.4. The molecule has 6 nitrogen and oxygen atoms in total. The average Bonchev–Trinajstić information content (AvgIpc) is 3.16. The van der Waals surface area contributed by atoms with Gasteiger partial charge in [-0.05, 0) is 49.0 Å². The Kier molecular flexibility index (Phi) is 5.07. The van der Waals surface area contributed by atoms with Gasteiger partial charge < -0.3 is 9.88 Å². The molecule has 0 unspecified atom stereocenters. The molecule has 0 aliphatic rings. The van der Waals surface area contributed by atoms with Crippen molar-refractivity contribution in [3.05, 3.63) is 52.8 Å². The summed E-state index contributed by atoms with van der Waals surface area (Å²) in [6.07, 6.45) is 4.85. The van der Waals surface area contributed by atoms with Gasteiger partial charge in [-0.15, -0.1) is 21.5 Å². The van der Waals surface area contributed by atoms with E-state index in [-0.39, 0.29) is 5.91 Å². The second kappa shape index (κ2) is 7.41. The largest absolute Gasteiger partial charge is 0.323 e. The van der Waals surface area contributed by atoms with Gasteiger partial charge in [0, 0.05) is 29.1 Å². The first-order valence-corrected chi connectivity index (χ1v) is 8.83. The molecule has 2 heterocycles. The highest BCUT2D eigenvalue weighted by Crippen LogP contribution is 2.26. The van der Waals surface area contributed by atoms with E-state index in [1.807, 2.05) is 48.2 Å². The van der Waals surface area contributed by atoms with E-state index in [4.69, 9.17) is 0 Å². The number of aryl methyl sites for hydroxylation is 2. The number of hydrogen-bond donors (Lipinski definition) is 1. The normalized spacial score (nSPS) is 11.1. The second-order valence-corrected chi connectivity index (χ2v) is 7.07. The fourth-order valence-electron chi connectivity index (χ4n) is 1.88. The van der Waals surface area contributed by atoms with Crippen LogP contribution in [0.25, 0.3) is 6.08 Å². The maximum absolute atomic E-state index is 11.9. The van der Waals surface area contributed by atoms with E-state index in [0.29, 0.717) is 0 Å². The Labute approximate surface area is 147 Å². The SMILES string of the molecule is Cc1nc(/C=C/C(=O)Nc2ccc(Sc3nncn3C)cc2)cs1. The summed E-state index contributed by atoms with van der Waals surface area (Å²) in [5.41, 5.74) is 1.53. The van der Waals surface area contributed by atoms with Crippen LogP contribution in [0.4, 0.5) is 5.69 Å². The van der Waals surface area contributed by atoms with Gasteiger partial charge in [-0.1, -0.05) is 0 Å². The number of hydrogen-bond acceptors (Lipinski definition) is 6. The standard InChI is InChI=1S/C16H15N5OS2/c1-11-18-13(9-23-11)5-8-15(22)19-12-3-6-14(7-4-12)24-16-20-17-10-21(16)2/h3-10H,1-2H3,(H,19,22)/b8-5+. The van der Waals surface area contributed by atoms with Gasteiger partial charge in [-0.2, -0.15) is 0 Å². The maximum atomic E-state index is 11.9. The Morgan fingerprint density at radius 2 is 2.12 bits per heavy atom. The van der Waals surface area contributed by atoms with Gasteiger partial charge >= 0.3 is 0 Å². The topological polar surface area (TPSA) is 72.7 Å².